The van der Waals surface area contributed by atoms with Gasteiger partial charge in [-0.3, -0.25) is 4.79 Å². The summed E-state index contributed by atoms with van der Waals surface area (Å²) in [6.07, 6.45) is 0. The molecule has 0 atom stereocenters. The second-order valence-electron chi connectivity index (χ2n) is 5.48. The molecule has 0 aliphatic carbocycles. The summed E-state index contributed by atoms with van der Waals surface area (Å²) in [4.78, 5) is 11.8. The number of alkyl halides is 2. The number of hydrogen-bond donors (Lipinski definition) is 1. The van der Waals surface area contributed by atoms with E-state index in [1.807, 2.05) is 0 Å². The molecule has 5 nitrogen and oxygen atoms in total. The third kappa shape index (κ3) is 3.17. The van der Waals surface area contributed by atoms with Crippen LogP contribution in [-0.4, -0.2) is 20.1 Å². The molecule has 2 aromatic carbocycles. The maximum absolute atomic E-state index is 13.3. The van der Waals surface area contributed by atoms with Crippen LogP contribution in [0.3, 0.4) is 0 Å². The monoisotopic (exact) mass is 383 g/mol. The van der Waals surface area contributed by atoms with Crippen molar-refractivity contribution in [1.29, 1.82) is 0 Å². The summed E-state index contributed by atoms with van der Waals surface area (Å²) < 4.78 is 67.1. The molecule has 1 aromatic heterocycles. The van der Waals surface area contributed by atoms with Gasteiger partial charge >= 0.3 is 5.76 Å². The lowest BCUT2D eigenvalue weighted by atomic mass is 10.1. The van der Waals surface area contributed by atoms with Crippen molar-refractivity contribution < 1.29 is 30.8 Å². The van der Waals surface area contributed by atoms with Gasteiger partial charge in [-0.25, -0.2) is 12.8 Å². The summed E-state index contributed by atoms with van der Waals surface area (Å²) in [6, 6.07) is 8.30. The van der Waals surface area contributed by atoms with Crippen LogP contribution in [0.1, 0.15) is 16.1 Å². The van der Waals surface area contributed by atoms with Gasteiger partial charge in [0.05, 0.1) is 4.90 Å². The molecule has 0 aliphatic rings. The normalized spacial score (nSPS) is 11.9. The molecule has 0 saturated carbocycles. The molecule has 0 bridgehead atoms. The zero-order valence-electron chi connectivity index (χ0n) is 13.3. The maximum atomic E-state index is 13.3. The summed E-state index contributed by atoms with van der Waals surface area (Å²) in [6.45, 7) is 1.57. The van der Waals surface area contributed by atoms with E-state index < -0.39 is 32.2 Å². The zero-order chi connectivity index (χ0) is 19.1. The van der Waals surface area contributed by atoms with Crippen LogP contribution < -0.4 is 5.32 Å². The van der Waals surface area contributed by atoms with E-state index in [1.54, 1.807) is 6.92 Å². The number of nitrogens with one attached hydrogen (secondary N) is 1. The molecule has 0 unspecified atom stereocenters. The minimum Gasteiger partial charge on any atom is -0.451 e. The lowest BCUT2D eigenvalue weighted by Crippen LogP contribution is -2.14. The molecular formula is C17H12F3NO4S. The molecule has 1 N–H and O–H groups in total. The van der Waals surface area contributed by atoms with Crippen molar-refractivity contribution >= 4 is 32.4 Å². The molecule has 136 valence electrons. The van der Waals surface area contributed by atoms with Gasteiger partial charge in [-0.15, -0.1) is 0 Å². The van der Waals surface area contributed by atoms with E-state index in [1.165, 1.54) is 30.3 Å². The fraction of sp³-hybridized carbons (Fsp3) is 0.118. The molecule has 1 amide bonds. The van der Waals surface area contributed by atoms with Crippen LogP contribution >= 0.6 is 0 Å². The number of anilines is 1. The lowest BCUT2D eigenvalue weighted by molar-refractivity contribution is 0.0998. The Morgan fingerprint density at radius 3 is 2.58 bits per heavy atom. The van der Waals surface area contributed by atoms with Crippen molar-refractivity contribution in [2.45, 2.75) is 17.6 Å². The topological polar surface area (TPSA) is 76.4 Å². The van der Waals surface area contributed by atoms with Gasteiger partial charge in [0.15, 0.2) is 5.76 Å². The highest BCUT2D eigenvalue weighted by molar-refractivity contribution is 7.91. The van der Waals surface area contributed by atoms with E-state index in [9.17, 15) is 26.4 Å². The number of fused-ring (bicyclic) bond motifs is 1. The van der Waals surface area contributed by atoms with Crippen LogP contribution in [0.15, 0.2) is 51.8 Å². The molecule has 0 radical (unpaired) electrons. The first kappa shape index (κ1) is 18.0. The van der Waals surface area contributed by atoms with E-state index >= 15 is 0 Å². The van der Waals surface area contributed by atoms with E-state index in [0.717, 1.165) is 12.1 Å². The highest BCUT2D eigenvalue weighted by Gasteiger charge is 2.27. The zero-order valence-corrected chi connectivity index (χ0v) is 14.1. The van der Waals surface area contributed by atoms with Gasteiger partial charge in [0.2, 0.25) is 9.84 Å². The van der Waals surface area contributed by atoms with Crippen molar-refractivity contribution in [3.8, 4) is 0 Å². The molecule has 0 spiro atoms. The SMILES string of the molecule is Cc1c(C(=O)Nc2cccc(S(=O)(=O)C(F)F)c2)oc2ccc(F)cc12. The van der Waals surface area contributed by atoms with Gasteiger partial charge < -0.3 is 9.73 Å². The van der Waals surface area contributed by atoms with Gasteiger partial charge in [-0.2, -0.15) is 8.78 Å². The average Bonchev–Trinajstić information content (AvgIpc) is 2.91. The average molecular weight is 383 g/mol. The standard InChI is InChI=1S/C17H12F3NO4S/c1-9-13-7-10(18)5-6-14(13)25-15(9)16(22)21-11-3-2-4-12(8-11)26(23,24)17(19)20/h2-8,17H,1H3,(H,21,22). The van der Waals surface area contributed by atoms with Crippen LogP contribution in [0.2, 0.25) is 0 Å². The smallest absolute Gasteiger partial charge is 0.341 e. The Balaban J connectivity index is 1.93. The van der Waals surface area contributed by atoms with Crippen molar-refractivity contribution in [3.63, 3.8) is 0 Å². The minimum absolute atomic E-state index is 0.00256. The van der Waals surface area contributed by atoms with Gasteiger partial charge in [0.1, 0.15) is 11.4 Å². The number of aryl methyl sites for hydroxylation is 1. The fourth-order valence-corrected chi connectivity index (χ4v) is 3.22. The molecule has 0 aliphatic heterocycles. The van der Waals surface area contributed by atoms with E-state index in [0.29, 0.717) is 16.5 Å². The first-order valence-electron chi connectivity index (χ1n) is 7.32. The molecular weight excluding hydrogens is 371 g/mol. The molecule has 0 fully saturated rings. The lowest BCUT2D eigenvalue weighted by Gasteiger charge is -2.07. The second-order valence-corrected chi connectivity index (χ2v) is 7.40. The number of carbonyl (C=O) groups is 1. The Morgan fingerprint density at radius 1 is 1.15 bits per heavy atom. The summed E-state index contributed by atoms with van der Waals surface area (Å²) in [5.41, 5.74) is 0.708. The summed E-state index contributed by atoms with van der Waals surface area (Å²) >= 11 is 0. The third-order valence-corrected chi connectivity index (χ3v) is 5.14. The molecule has 0 saturated heterocycles. The van der Waals surface area contributed by atoms with Crippen molar-refractivity contribution in [2.24, 2.45) is 0 Å². The van der Waals surface area contributed by atoms with E-state index in [4.69, 9.17) is 4.42 Å². The minimum atomic E-state index is -4.78. The first-order chi connectivity index (χ1) is 12.2. The molecule has 3 aromatic rings. The predicted molar refractivity (Wildman–Crippen MR) is 88.5 cm³/mol. The largest absolute Gasteiger partial charge is 0.451 e. The summed E-state index contributed by atoms with van der Waals surface area (Å²) in [5.74, 6) is -4.86. The molecule has 1 heterocycles. The predicted octanol–water partition coefficient (Wildman–Crippen LogP) is 4.13. The second kappa shape index (κ2) is 6.49. The number of amides is 1. The summed E-state index contributed by atoms with van der Waals surface area (Å²) in [5, 5.41) is 2.81. The Bertz CT molecular complexity index is 1110. The number of benzene rings is 2. The number of sulfone groups is 1. The van der Waals surface area contributed by atoms with E-state index in [2.05, 4.69) is 5.32 Å². The number of halogens is 3. The van der Waals surface area contributed by atoms with Crippen LogP contribution in [0, 0.1) is 12.7 Å². The molecule has 26 heavy (non-hydrogen) atoms. The number of carbonyl (C=O) groups excluding carboxylic acids is 1. The van der Waals surface area contributed by atoms with E-state index in [-0.39, 0.29) is 11.4 Å². The highest BCUT2D eigenvalue weighted by atomic mass is 32.2. The first-order valence-corrected chi connectivity index (χ1v) is 8.87. The Kier molecular flexibility index (Phi) is 4.49. The van der Waals surface area contributed by atoms with Crippen molar-refractivity contribution in [1.82, 2.24) is 0 Å². The van der Waals surface area contributed by atoms with Crippen LogP contribution in [0.5, 0.6) is 0 Å². The van der Waals surface area contributed by atoms with Crippen LogP contribution in [-0.2, 0) is 9.84 Å². The Hall–Kier alpha value is -2.81. The molecule has 9 heteroatoms. The van der Waals surface area contributed by atoms with Crippen LogP contribution in [0.25, 0.3) is 11.0 Å². The van der Waals surface area contributed by atoms with Gasteiger partial charge in [0, 0.05) is 16.6 Å². The van der Waals surface area contributed by atoms with Gasteiger partial charge in [-0.05, 0) is 43.3 Å². The Morgan fingerprint density at radius 2 is 1.88 bits per heavy atom. The van der Waals surface area contributed by atoms with Gasteiger partial charge in [-0.1, -0.05) is 6.07 Å². The quantitative estimate of drug-likeness (QED) is 0.735. The number of hydrogen-bond acceptors (Lipinski definition) is 4. The number of furan rings is 1. The Labute approximate surface area is 146 Å². The van der Waals surface area contributed by atoms with Gasteiger partial charge in [0.25, 0.3) is 5.91 Å². The van der Waals surface area contributed by atoms with Crippen molar-refractivity contribution in [2.75, 3.05) is 5.32 Å². The third-order valence-electron chi connectivity index (χ3n) is 3.76. The highest BCUT2D eigenvalue weighted by Crippen LogP contribution is 2.27. The van der Waals surface area contributed by atoms with Crippen molar-refractivity contribution in [3.05, 3.63) is 59.6 Å². The maximum Gasteiger partial charge on any atom is 0.341 e. The van der Waals surface area contributed by atoms with Crippen LogP contribution in [0.4, 0.5) is 18.9 Å². The number of rotatable bonds is 4. The molecule has 3 rings (SSSR count). The summed E-state index contributed by atoms with van der Waals surface area (Å²) in [7, 11) is -4.78. The fourth-order valence-electron chi connectivity index (χ4n) is 2.45.